The Bertz CT molecular complexity index is 379. The van der Waals surface area contributed by atoms with Crippen molar-refractivity contribution >= 4 is 23.4 Å². The molecule has 1 amide bonds. The van der Waals surface area contributed by atoms with Crippen LogP contribution in [0.5, 0.6) is 0 Å². The zero-order valence-corrected chi connectivity index (χ0v) is 10.8. The molecule has 1 aromatic carbocycles. The molecule has 16 heavy (non-hydrogen) atoms. The lowest BCUT2D eigenvalue weighted by Gasteiger charge is -2.18. The number of hydrogen-bond donors (Lipinski definition) is 1. The van der Waals surface area contributed by atoms with E-state index in [4.69, 9.17) is 5.73 Å². The minimum atomic E-state index is 0.0406. The zero-order chi connectivity index (χ0) is 12.1. The Balaban J connectivity index is 2.84. The van der Waals surface area contributed by atoms with E-state index in [1.165, 1.54) is 0 Å². The molecule has 0 spiro atoms. The van der Waals surface area contributed by atoms with E-state index < -0.39 is 0 Å². The van der Waals surface area contributed by atoms with Crippen molar-refractivity contribution in [2.45, 2.75) is 6.92 Å². The summed E-state index contributed by atoms with van der Waals surface area (Å²) in [6, 6.07) is 5.45. The maximum atomic E-state index is 12.1. The lowest BCUT2D eigenvalue weighted by molar-refractivity contribution is 0.0803. The van der Waals surface area contributed by atoms with Gasteiger partial charge < -0.3 is 10.6 Å². The maximum Gasteiger partial charge on any atom is 0.253 e. The maximum absolute atomic E-state index is 12.1. The van der Waals surface area contributed by atoms with E-state index in [0.29, 0.717) is 11.3 Å². The highest BCUT2D eigenvalue weighted by molar-refractivity contribution is 7.98. The number of carbonyl (C=O) groups excluding carboxylic acids is 1. The minimum absolute atomic E-state index is 0.0406. The third-order valence-corrected chi connectivity index (χ3v) is 3.17. The molecule has 88 valence electrons. The molecule has 1 aromatic rings. The Hall–Kier alpha value is -1.16. The molecule has 0 atom stereocenters. The van der Waals surface area contributed by atoms with Gasteiger partial charge in [-0.25, -0.2) is 0 Å². The second-order valence-corrected chi connectivity index (χ2v) is 4.72. The Morgan fingerprint density at radius 3 is 2.81 bits per heavy atom. The SMILES string of the molecule is CSCCN(C)C(=O)c1cccc(N)c1C. The zero-order valence-electron chi connectivity index (χ0n) is 9.99. The molecule has 0 radical (unpaired) electrons. The first-order valence-electron chi connectivity index (χ1n) is 5.17. The van der Waals surface area contributed by atoms with Gasteiger partial charge in [-0.15, -0.1) is 0 Å². The number of nitrogen functional groups attached to an aromatic ring is 1. The molecule has 0 saturated heterocycles. The molecule has 0 fully saturated rings. The fraction of sp³-hybridized carbons (Fsp3) is 0.417. The number of nitrogens with zero attached hydrogens (tertiary/aromatic N) is 1. The van der Waals surface area contributed by atoms with Gasteiger partial charge in [0, 0.05) is 30.6 Å². The van der Waals surface area contributed by atoms with E-state index in [9.17, 15) is 4.79 Å². The largest absolute Gasteiger partial charge is 0.398 e. The van der Waals surface area contributed by atoms with Gasteiger partial charge in [0.25, 0.3) is 5.91 Å². The van der Waals surface area contributed by atoms with Crippen LogP contribution >= 0.6 is 11.8 Å². The molecule has 0 aliphatic heterocycles. The van der Waals surface area contributed by atoms with E-state index in [1.807, 2.05) is 38.4 Å². The van der Waals surface area contributed by atoms with Crippen LogP contribution in [0.2, 0.25) is 0 Å². The molecule has 3 nitrogen and oxygen atoms in total. The summed E-state index contributed by atoms with van der Waals surface area (Å²) in [5.41, 5.74) is 8.02. The molecule has 0 heterocycles. The highest BCUT2D eigenvalue weighted by Crippen LogP contribution is 2.17. The summed E-state index contributed by atoms with van der Waals surface area (Å²) < 4.78 is 0. The second kappa shape index (κ2) is 5.80. The van der Waals surface area contributed by atoms with Crippen molar-refractivity contribution in [1.29, 1.82) is 0 Å². The first-order valence-corrected chi connectivity index (χ1v) is 6.56. The molecule has 1 rings (SSSR count). The van der Waals surface area contributed by atoms with Crippen molar-refractivity contribution in [2.75, 3.05) is 31.3 Å². The van der Waals surface area contributed by atoms with Crippen LogP contribution in [0.15, 0.2) is 18.2 Å². The topological polar surface area (TPSA) is 46.3 Å². The third-order valence-electron chi connectivity index (χ3n) is 2.58. The van der Waals surface area contributed by atoms with Crippen molar-refractivity contribution in [3.63, 3.8) is 0 Å². The first-order chi connectivity index (χ1) is 7.57. The number of hydrogen-bond acceptors (Lipinski definition) is 3. The Morgan fingerprint density at radius 2 is 2.19 bits per heavy atom. The molecule has 2 N–H and O–H groups in total. The molecule has 0 aliphatic carbocycles. The van der Waals surface area contributed by atoms with Crippen molar-refractivity contribution in [2.24, 2.45) is 0 Å². The molecule has 0 saturated carbocycles. The summed E-state index contributed by atoms with van der Waals surface area (Å²) in [5.74, 6) is 0.989. The molecular formula is C12H18N2OS. The summed E-state index contributed by atoms with van der Waals surface area (Å²) in [6.07, 6.45) is 2.03. The van der Waals surface area contributed by atoms with Crippen LogP contribution in [0.25, 0.3) is 0 Å². The van der Waals surface area contributed by atoms with Gasteiger partial charge in [-0.3, -0.25) is 4.79 Å². The lowest BCUT2D eigenvalue weighted by atomic mass is 10.1. The van der Waals surface area contributed by atoms with Gasteiger partial charge in [0.05, 0.1) is 0 Å². The molecule has 0 unspecified atom stereocenters. The Morgan fingerprint density at radius 1 is 1.50 bits per heavy atom. The van der Waals surface area contributed by atoms with Crippen molar-refractivity contribution in [3.8, 4) is 0 Å². The molecule has 4 heteroatoms. The van der Waals surface area contributed by atoms with Gasteiger partial charge >= 0.3 is 0 Å². The summed E-state index contributed by atoms with van der Waals surface area (Å²) in [7, 11) is 1.82. The molecular weight excluding hydrogens is 220 g/mol. The van der Waals surface area contributed by atoms with Crippen LogP contribution in [0.3, 0.4) is 0 Å². The monoisotopic (exact) mass is 238 g/mol. The predicted octanol–water partition coefficient (Wildman–Crippen LogP) is 2.01. The number of rotatable bonds is 4. The average molecular weight is 238 g/mol. The van der Waals surface area contributed by atoms with Crippen molar-refractivity contribution < 1.29 is 4.79 Å². The summed E-state index contributed by atoms with van der Waals surface area (Å²) >= 11 is 1.73. The second-order valence-electron chi connectivity index (χ2n) is 3.74. The summed E-state index contributed by atoms with van der Waals surface area (Å²) in [4.78, 5) is 13.8. The van der Waals surface area contributed by atoms with Gasteiger partial charge in [-0.1, -0.05) is 6.07 Å². The Kier molecular flexibility index (Phi) is 4.68. The summed E-state index contributed by atoms with van der Waals surface area (Å²) in [5, 5.41) is 0. The van der Waals surface area contributed by atoms with Crippen LogP contribution in [0.1, 0.15) is 15.9 Å². The van der Waals surface area contributed by atoms with Gasteiger partial charge in [0.2, 0.25) is 0 Å². The lowest BCUT2D eigenvalue weighted by Crippen LogP contribution is -2.29. The van der Waals surface area contributed by atoms with Crippen molar-refractivity contribution in [1.82, 2.24) is 4.90 Å². The van der Waals surface area contributed by atoms with Crippen LogP contribution < -0.4 is 5.73 Å². The van der Waals surface area contributed by atoms with E-state index in [1.54, 1.807) is 16.7 Å². The Labute approximate surface area is 101 Å². The summed E-state index contributed by atoms with van der Waals surface area (Å²) in [6.45, 7) is 2.64. The first kappa shape index (κ1) is 12.9. The molecule has 0 aromatic heterocycles. The standard InChI is InChI=1S/C12H18N2OS/c1-9-10(5-4-6-11(9)13)12(15)14(2)7-8-16-3/h4-6H,7-8,13H2,1-3H3. The van der Waals surface area contributed by atoms with Crippen LogP contribution in [0, 0.1) is 6.92 Å². The number of nitrogens with two attached hydrogens (primary N) is 1. The number of amides is 1. The molecule has 0 aliphatic rings. The van der Waals surface area contributed by atoms with E-state index in [0.717, 1.165) is 17.9 Å². The predicted molar refractivity (Wildman–Crippen MR) is 70.9 cm³/mol. The third kappa shape index (κ3) is 2.92. The smallest absolute Gasteiger partial charge is 0.253 e. The van der Waals surface area contributed by atoms with E-state index in [2.05, 4.69) is 0 Å². The van der Waals surface area contributed by atoms with Gasteiger partial charge in [0.15, 0.2) is 0 Å². The molecule has 0 bridgehead atoms. The number of thioether (sulfide) groups is 1. The number of anilines is 1. The van der Waals surface area contributed by atoms with Crippen LogP contribution in [0.4, 0.5) is 5.69 Å². The fourth-order valence-electron chi connectivity index (χ4n) is 1.42. The van der Waals surface area contributed by atoms with Gasteiger partial charge in [0.1, 0.15) is 0 Å². The van der Waals surface area contributed by atoms with Gasteiger partial charge in [-0.05, 0) is 30.9 Å². The van der Waals surface area contributed by atoms with E-state index in [-0.39, 0.29) is 5.91 Å². The highest BCUT2D eigenvalue weighted by atomic mass is 32.2. The fourth-order valence-corrected chi connectivity index (χ4v) is 1.88. The van der Waals surface area contributed by atoms with Crippen LogP contribution in [-0.4, -0.2) is 36.4 Å². The highest BCUT2D eigenvalue weighted by Gasteiger charge is 2.14. The van der Waals surface area contributed by atoms with Gasteiger partial charge in [-0.2, -0.15) is 11.8 Å². The average Bonchev–Trinajstić information content (AvgIpc) is 2.28. The normalized spacial score (nSPS) is 10.2. The quantitative estimate of drug-likeness (QED) is 0.816. The number of benzene rings is 1. The van der Waals surface area contributed by atoms with Crippen LogP contribution in [-0.2, 0) is 0 Å². The number of carbonyl (C=O) groups is 1. The van der Waals surface area contributed by atoms with E-state index >= 15 is 0 Å². The van der Waals surface area contributed by atoms with Crippen molar-refractivity contribution in [3.05, 3.63) is 29.3 Å². The minimum Gasteiger partial charge on any atom is -0.398 e.